The normalized spacial score (nSPS) is 16.8. The van der Waals surface area contributed by atoms with Gasteiger partial charge in [-0.25, -0.2) is 9.97 Å². The Morgan fingerprint density at radius 1 is 1.16 bits per heavy atom. The summed E-state index contributed by atoms with van der Waals surface area (Å²) in [5.74, 6) is 0.870. The van der Waals surface area contributed by atoms with Crippen LogP contribution in [0.2, 0.25) is 0 Å². The molecule has 0 aromatic carbocycles. The van der Waals surface area contributed by atoms with Crippen molar-refractivity contribution < 1.29 is 4.79 Å². The minimum Gasteiger partial charge on any atom is -0.352 e. The molecule has 1 saturated heterocycles. The maximum Gasteiger partial charge on any atom is 0.227 e. The van der Waals surface area contributed by atoms with Crippen molar-refractivity contribution in [2.24, 2.45) is 18.7 Å². The molecular formula is C15H25Cl2N7O. The summed E-state index contributed by atoms with van der Waals surface area (Å²) in [5.41, 5.74) is 6.66. The standard InChI is InChI=1S/C15H23N7O.2ClH/c1-10(11(2)16)15(23)22-6-4-21(5-7-22)14-12-8-19-20(3)13(12)17-9-18-14;;/h8-11H,4-7,16H2,1-3H3;2*1H. The van der Waals surface area contributed by atoms with Gasteiger partial charge in [-0.3, -0.25) is 9.48 Å². The number of hydrogen-bond acceptors (Lipinski definition) is 6. The number of fused-ring (bicyclic) bond motifs is 1. The molecule has 0 spiro atoms. The van der Waals surface area contributed by atoms with E-state index in [-0.39, 0.29) is 42.7 Å². The second-order valence-corrected chi connectivity index (χ2v) is 6.16. The van der Waals surface area contributed by atoms with E-state index in [0.29, 0.717) is 13.1 Å². The smallest absolute Gasteiger partial charge is 0.227 e. The lowest BCUT2D eigenvalue weighted by Crippen LogP contribution is -2.52. The molecule has 3 rings (SSSR count). The molecular weight excluding hydrogens is 365 g/mol. The van der Waals surface area contributed by atoms with E-state index in [1.54, 1.807) is 17.2 Å². The molecule has 2 aromatic heterocycles. The van der Waals surface area contributed by atoms with Crippen LogP contribution >= 0.6 is 24.8 Å². The number of halogens is 2. The number of amides is 1. The van der Waals surface area contributed by atoms with Gasteiger partial charge in [0.15, 0.2) is 5.65 Å². The summed E-state index contributed by atoms with van der Waals surface area (Å²) in [6.07, 6.45) is 3.36. The number of anilines is 1. The third-order valence-corrected chi connectivity index (χ3v) is 4.58. The fourth-order valence-corrected chi connectivity index (χ4v) is 2.85. The predicted molar refractivity (Wildman–Crippen MR) is 102 cm³/mol. The highest BCUT2D eigenvalue weighted by atomic mass is 35.5. The van der Waals surface area contributed by atoms with Gasteiger partial charge in [0.1, 0.15) is 12.1 Å². The molecule has 0 bridgehead atoms. The number of aromatic nitrogens is 4. The van der Waals surface area contributed by atoms with E-state index in [1.165, 1.54) is 0 Å². The summed E-state index contributed by atoms with van der Waals surface area (Å²) < 4.78 is 1.74. The number of aryl methyl sites for hydroxylation is 1. The molecule has 3 heterocycles. The number of carbonyl (C=O) groups excluding carboxylic acids is 1. The molecule has 1 amide bonds. The Labute approximate surface area is 159 Å². The van der Waals surface area contributed by atoms with Crippen LogP contribution in [0, 0.1) is 5.92 Å². The average molecular weight is 390 g/mol. The zero-order valence-corrected chi connectivity index (χ0v) is 16.3. The third-order valence-electron chi connectivity index (χ3n) is 4.58. The summed E-state index contributed by atoms with van der Waals surface area (Å²) in [4.78, 5) is 25.1. The van der Waals surface area contributed by atoms with Crippen LogP contribution < -0.4 is 10.6 Å². The first-order valence-electron chi connectivity index (χ1n) is 7.91. The van der Waals surface area contributed by atoms with Crippen molar-refractivity contribution in [1.82, 2.24) is 24.6 Å². The highest BCUT2D eigenvalue weighted by Crippen LogP contribution is 2.23. The molecule has 140 valence electrons. The molecule has 8 nitrogen and oxygen atoms in total. The minimum atomic E-state index is -0.148. The van der Waals surface area contributed by atoms with E-state index < -0.39 is 0 Å². The quantitative estimate of drug-likeness (QED) is 0.835. The molecule has 0 saturated carbocycles. The lowest BCUT2D eigenvalue weighted by atomic mass is 10.0. The predicted octanol–water partition coefficient (Wildman–Crippen LogP) is 0.839. The highest BCUT2D eigenvalue weighted by molar-refractivity contribution is 5.87. The van der Waals surface area contributed by atoms with Crippen molar-refractivity contribution in [2.75, 3.05) is 31.1 Å². The van der Waals surface area contributed by atoms with Gasteiger partial charge in [-0.1, -0.05) is 6.92 Å². The molecule has 2 aromatic rings. The van der Waals surface area contributed by atoms with E-state index in [4.69, 9.17) is 5.73 Å². The third kappa shape index (κ3) is 4.13. The van der Waals surface area contributed by atoms with Gasteiger partial charge in [0.2, 0.25) is 5.91 Å². The molecule has 2 unspecified atom stereocenters. The second-order valence-electron chi connectivity index (χ2n) is 6.16. The molecule has 1 aliphatic rings. The maximum absolute atomic E-state index is 12.4. The monoisotopic (exact) mass is 389 g/mol. The molecule has 10 heteroatoms. The van der Waals surface area contributed by atoms with Crippen molar-refractivity contribution in [3.63, 3.8) is 0 Å². The summed E-state index contributed by atoms with van der Waals surface area (Å²) >= 11 is 0. The topological polar surface area (TPSA) is 93.2 Å². The van der Waals surface area contributed by atoms with Crippen LogP contribution in [0.5, 0.6) is 0 Å². The number of piperazine rings is 1. The largest absolute Gasteiger partial charge is 0.352 e. The van der Waals surface area contributed by atoms with E-state index in [0.717, 1.165) is 29.9 Å². The van der Waals surface area contributed by atoms with E-state index in [2.05, 4.69) is 20.0 Å². The van der Waals surface area contributed by atoms with Crippen molar-refractivity contribution in [1.29, 1.82) is 0 Å². The van der Waals surface area contributed by atoms with Crippen LogP contribution in [-0.4, -0.2) is 62.8 Å². The molecule has 0 aliphatic carbocycles. The van der Waals surface area contributed by atoms with Gasteiger partial charge < -0.3 is 15.5 Å². The zero-order valence-electron chi connectivity index (χ0n) is 14.6. The van der Waals surface area contributed by atoms with Crippen LogP contribution in [0.15, 0.2) is 12.5 Å². The van der Waals surface area contributed by atoms with E-state index >= 15 is 0 Å². The Bertz CT molecular complexity index is 713. The number of nitrogens with two attached hydrogens (primary N) is 1. The Morgan fingerprint density at radius 2 is 1.80 bits per heavy atom. The SMILES string of the molecule is CC(N)C(C)C(=O)N1CCN(c2ncnc3c2cnn3C)CC1.Cl.Cl. The summed E-state index contributed by atoms with van der Waals surface area (Å²) in [6.45, 7) is 6.63. The lowest BCUT2D eigenvalue weighted by Gasteiger charge is -2.37. The van der Waals surface area contributed by atoms with E-state index in [9.17, 15) is 4.79 Å². The fourth-order valence-electron chi connectivity index (χ4n) is 2.85. The highest BCUT2D eigenvalue weighted by Gasteiger charge is 2.27. The maximum atomic E-state index is 12.4. The van der Waals surface area contributed by atoms with E-state index in [1.807, 2.05) is 25.8 Å². The molecule has 0 radical (unpaired) electrons. The molecule has 2 atom stereocenters. The van der Waals surface area contributed by atoms with Crippen LogP contribution in [0.25, 0.3) is 11.0 Å². The first-order valence-corrected chi connectivity index (χ1v) is 7.91. The Balaban J connectivity index is 0.00000156. The van der Waals surface area contributed by atoms with Crippen molar-refractivity contribution in [2.45, 2.75) is 19.9 Å². The van der Waals surface area contributed by atoms with Crippen LogP contribution in [0.4, 0.5) is 5.82 Å². The number of nitrogens with zero attached hydrogens (tertiary/aromatic N) is 6. The van der Waals surface area contributed by atoms with Crippen LogP contribution in [0.1, 0.15) is 13.8 Å². The van der Waals surface area contributed by atoms with Crippen molar-refractivity contribution in [3.05, 3.63) is 12.5 Å². The van der Waals surface area contributed by atoms with Gasteiger partial charge in [-0.15, -0.1) is 24.8 Å². The fraction of sp³-hybridized carbons (Fsp3) is 0.600. The summed E-state index contributed by atoms with van der Waals surface area (Å²) in [6, 6.07) is -0.127. The molecule has 1 fully saturated rings. The van der Waals surface area contributed by atoms with Crippen LogP contribution in [-0.2, 0) is 11.8 Å². The first-order chi connectivity index (χ1) is 11.0. The number of carbonyl (C=O) groups is 1. The van der Waals surface area contributed by atoms with Gasteiger partial charge in [-0.05, 0) is 6.92 Å². The Morgan fingerprint density at radius 3 is 2.40 bits per heavy atom. The second kappa shape index (κ2) is 8.64. The van der Waals surface area contributed by atoms with Crippen molar-refractivity contribution >= 4 is 47.6 Å². The molecule has 2 N–H and O–H groups in total. The van der Waals surface area contributed by atoms with Crippen LogP contribution in [0.3, 0.4) is 0 Å². The average Bonchev–Trinajstić information content (AvgIpc) is 2.95. The Kier molecular flexibility index (Phi) is 7.40. The molecule has 25 heavy (non-hydrogen) atoms. The first kappa shape index (κ1) is 21.4. The summed E-state index contributed by atoms with van der Waals surface area (Å²) in [7, 11) is 1.87. The van der Waals surface area contributed by atoms with Gasteiger partial charge in [0.05, 0.1) is 17.5 Å². The van der Waals surface area contributed by atoms with Gasteiger partial charge in [0.25, 0.3) is 0 Å². The van der Waals surface area contributed by atoms with Gasteiger partial charge in [-0.2, -0.15) is 5.10 Å². The Hall–Kier alpha value is -1.64. The summed E-state index contributed by atoms with van der Waals surface area (Å²) in [5, 5.41) is 5.19. The van der Waals surface area contributed by atoms with Gasteiger partial charge >= 0.3 is 0 Å². The number of rotatable bonds is 3. The molecule has 1 aliphatic heterocycles. The van der Waals surface area contributed by atoms with Gasteiger partial charge in [0, 0.05) is 39.3 Å². The lowest BCUT2D eigenvalue weighted by molar-refractivity contribution is -0.135. The number of hydrogen-bond donors (Lipinski definition) is 1. The van der Waals surface area contributed by atoms with Crippen molar-refractivity contribution in [3.8, 4) is 0 Å². The zero-order chi connectivity index (χ0) is 16.6. The minimum absolute atomic E-state index is 0.